The number of esters is 1. The van der Waals surface area contributed by atoms with E-state index < -0.39 is 23.1 Å². The van der Waals surface area contributed by atoms with Gasteiger partial charge in [0.1, 0.15) is 11.8 Å². The van der Waals surface area contributed by atoms with Crippen molar-refractivity contribution in [2.75, 3.05) is 11.5 Å². The van der Waals surface area contributed by atoms with Crippen LogP contribution in [0, 0.1) is 5.92 Å². The Hall–Kier alpha value is -2.88. The van der Waals surface area contributed by atoms with Gasteiger partial charge in [-0.25, -0.2) is 4.90 Å². The van der Waals surface area contributed by atoms with Gasteiger partial charge in [0.15, 0.2) is 0 Å². The van der Waals surface area contributed by atoms with Gasteiger partial charge in [0, 0.05) is 15.8 Å². The van der Waals surface area contributed by atoms with Gasteiger partial charge in [0.05, 0.1) is 23.2 Å². The van der Waals surface area contributed by atoms with Crippen LogP contribution in [-0.4, -0.2) is 34.2 Å². The summed E-state index contributed by atoms with van der Waals surface area (Å²) in [6.07, 6.45) is 0. The molecule has 2 aliphatic rings. The zero-order valence-corrected chi connectivity index (χ0v) is 20.4. The van der Waals surface area contributed by atoms with Crippen molar-refractivity contribution >= 4 is 58.2 Å². The van der Waals surface area contributed by atoms with Crippen molar-refractivity contribution in [1.29, 1.82) is 0 Å². The van der Waals surface area contributed by atoms with Crippen molar-refractivity contribution < 1.29 is 19.1 Å². The number of thiazole rings is 1. The lowest BCUT2D eigenvalue weighted by molar-refractivity contribution is -0.144. The Morgan fingerprint density at radius 3 is 2.41 bits per heavy atom. The first-order valence-electron chi connectivity index (χ1n) is 10.6. The molecule has 1 aromatic heterocycles. The lowest BCUT2D eigenvalue weighted by Crippen LogP contribution is -2.32. The predicted molar refractivity (Wildman–Crippen MR) is 131 cm³/mol. The summed E-state index contributed by atoms with van der Waals surface area (Å²) in [5, 5.41) is 0.335. The molecule has 0 aliphatic carbocycles. The molecule has 7 nitrogen and oxygen atoms in total. The summed E-state index contributed by atoms with van der Waals surface area (Å²) in [7, 11) is 0. The summed E-state index contributed by atoms with van der Waals surface area (Å²) in [4.78, 5) is 53.9. The lowest BCUT2D eigenvalue weighted by Gasteiger charge is -2.30. The molecule has 2 aromatic carbocycles. The van der Waals surface area contributed by atoms with Gasteiger partial charge in [0.25, 0.3) is 0 Å². The minimum atomic E-state index is -0.733. The van der Waals surface area contributed by atoms with Gasteiger partial charge in [-0.1, -0.05) is 65.0 Å². The first-order valence-corrected chi connectivity index (χ1v) is 12.7. The second-order valence-corrected chi connectivity index (χ2v) is 10.4. The molecule has 3 atom stereocenters. The Bertz CT molecular complexity index is 1340. The Kier molecular flexibility index (Phi) is 6.09. The first-order chi connectivity index (χ1) is 16.4. The maximum Gasteiger partial charge on any atom is 0.326 e. The third-order valence-corrected chi connectivity index (χ3v) is 8.74. The van der Waals surface area contributed by atoms with Gasteiger partial charge in [-0.2, -0.15) is 0 Å². The Labute approximate surface area is 208 Å². The number of halogens is 1. The number of rotatable bonds is 5. The van der Waals surface area contributed by atoms with E-state index in [-0.39, 0.29) is 29.8 Å². The fraction of sp³-hybridized carbons (Fsp3) is 0.250. The van der Waals surface area contributed by atoms with E-state index in [2.05, 4.69) is 0 Å². The predicted octanol–water partition coefficient (Wildman–Crippen LogP) is 3.92. The normalized spacial score (nSPS) is 21.4. The smallest absolute Gasteiger partial charge is 0.326 e. The van der Waals surface area contributed by atoms with Crippen LogP contribution in [0.5, 0.6) is 0 Å². The highest BCUT2D eigenvalue weighted by Crippen LogP contribution is 2.53. The van der Waals surface area contributed by atoms with E-state index in [1.807, 2.05) is 18.2 Å². The fourth-order valence-electron chi connectivity index (χ4n) is 4.45. The molecule has 34 heavy (non-hydrogen) atoms. The molecule has 1 fully saturated rings. The quantitative estimate of drug-likeness (QED) is 0.379. The monoisotopic (exact) mass is 514 g/mol. The molecule has 0 unspecified atom stereocenters. The number of thioether (sulfide) groups is 1. The molecule has 174 valence electrons. The van der Waals surface area contributed by atoms with E-state index in [9.17, 15) is 19.2 Å². The summed E-state index contributed by atoms with van der Waals surface area (Å²) in [6.45, 7) is 1.64. The SMILES string of the molecule is CCOC(=O)Cn1c2c(sc1=O)[C@@H](c1ccc(Cl)cc1)[C@@H]1C(=O)N(c3ccccc3)C(=O)[C@@H]1S2. The van der Waals surface area contributed by atoms with Crippen molar-refractivity contribution in [2.24, 2.45) is 5.92 Å². The zero-order valence-electron chi connectivity index (χ0n) is 18.0. The topological polar surface area (TPSA) is 85.7 Å². The summed E-state index contributed by atoms with van der Waals surface area (Å²) in [6, 6.07) is 15.9. The number of carbonyl (C=O) groups is 3. The van der Waals surface area contributed by atoms with Crippen LogP contribution >= 0.6 is 34.7 Å². The largest absolute Gasteiger partial charge is 0.465 e. The maximum absolute atomic E-state index is 13.7. The highest BCUT2D eigenvalue weighted by atomic mass is 35.5. The van der Waals surface area contributed by atoms with Gasteiger partial charge in [-0.15, -0.1) is 0 Å². The van der Waals surface area contributed by atoms with Crippen LogP contribution < -0.4 is 9.77 Å². The summed E-state index contributed by atoms with van der Waals surface area (Å²) >= 11 is 8.27. The minimum absolute atomic E-state index is 0.199. The number of nitrogens with zero attached hydrogens (tertiary/aromatic N) is 2. The molecule has 3 heterocycles. The number of anilines is 1. The number of aromatic nitrogens is 1. The van der Waals surface area contributed by atoms with Crippen LogP contribution in [-0.2, 0) is 25.7 Å². The standard InChI is InChI=1S/C24H19ClN2O5S2/c1-2-32-16(28)12-26-23-20(34-24(26)31)17(13-8-10-14(25)11-9-13)18-19(33-23)22(30)27(21(18)29)15-6-4-3-5-7-15/h3-11,17-19H,2,12H2,1H3/t17-,18-,19+/m0/s1. The number of benzene rings is 2. The Morgan fingerprint density at radius 2 is 1.74 bits per heavy atom. The molecule has 0 saturated carbocycles. The molecule has 10 heteroatoms. The van der Waals surface area contributed by atoms with E-state index in [1.54, 1.807) is 43.3 Å². The van der Waals surface area contributed by atoms with Crippen LogP contribution in [0.2, 0.25) is 5.02 Å². The molecular formula is C24H19ClN2O5S2. The van der Waals surface area contributed by atoms with Crippen molar-refractivity contribution in [3.05, 3.63) is 79.7 Å². The highest BCUT2D eigenvalue weighted by molar-refractivity contribution is 8.00. The molecule has 0 spiro atoms. The van der Waals surface area contributed by atoms with Crippen LogP contribution in [0.1, 0.15) is 23.3 Å². The van der Waals surface area contributed by atoms with Crippen molar-refractivity contribution in [1.82, 2.24) is 4.57 Å². The minimum Gasteiger partial charge on any atom is -0.465 e. The van der Waals surface area contributed by atoms with E-state index >= 15 is 0 Å². The zero-order chi connectivity index (χ0) is 24.0. The van der Waals surface area contributed by atoms with Crippen LogP contribution in [0.4, 0.5) is 5.69 Å². The molecule has 0 bridgehead atoms. The average Bonchev–Trinajstić information content (AvgIpc) is 3.26. The van der Waals surface area contributed by atoms with Gasteiger partial charge in [0.2, 0.25) is 11.8 Å². The van der Waals surface area contributed by atoms with Crippen LogP contribution in [0.15, 0.2) is 64.4 Å². The van der Waals surface area contributed by atoms with Crippen LogP contribution in [0.25, 0.3) is 0 Å². The third kappa shape index (κ3) is 3.77. The van der Waals surface area contributed by atoms with Gasteiger partial charge in [-0.3, -0.25) is 23.7 Å². The van der Waals surface area contributed by atoms with E-state index in [0.717, 1.165) is 16.9 Å². The second kappa shape index (κ2) is 9.05. The third-order valence-electron chi connectivity index (χ3n) is 5.89. The fourth-order valence-corrected chi connectivity index (χ4v) is 7.35. The molecule has 0 N–H and O–H groups in total. The van der Waals surface area contributed by atoms with Crippen molar-refractivity contribution in [3.8, 4) is 0 Å². The maximum atomic E-state index is 13.7. The van der Waals surface area contributed by atoms with Crippen molar-refractivity contribution in [2.45, 2.75) is 29.7 Å². The second-order valence-electron chi connectivity index (χ2n) is 7.87. The average molecular weight is 515 g/mol. The lowest BCUT2D eigenvalue weighted by atomic mass is 9.83. The number of imide groups is 1. The van der Waals surface area contributed by atoms with Gasteiger partial charge in [-0.05, 0) is 36.8 Å². The molecule has 0 radical (unpaired) electrons. The van der Waals surface area contributed by atoms with E-state index in [0.29, 0.717) is 20.6 Å². The Balaban J connectivity index is 1.65. The summed E-state index contributed by atoms with van der Waals surface area (Å²) in [5.74, 6) is -2.39. The molecule has 2 amide bonds. The highest BCUT2D eigenvalue weighted by Gasteiger charge is 2.56. The van der Waals surface area contributed by atoms with Gasteiger partial charge < -0.3 is 4.74 Å². The van der Waals surface area contributed by atoms with E-state index in [1.165, 1.54) is 21.2 Å². The first kappa shape index (κ1) is 22.9. The molecule has 2 aliphatic heterocycles. The number of hydrogen-bond acceptors (Lipinski definition) is 7. The Morgan fingerprint density at radius 1 is 1.03 bits per heavy atom. The summed E-state index contributed by atoms with van der Waals surface area (Å²) in [5.41, 5.74) is 1.29. The number of amides is 2. The molecule has 1 saturated heterocycles. The van der Waals surface area contributed by atoms with E-state index in [4.69, 9.17) is 16.3 Å². The molecule has 3 aromatic rings. The molecule has 5 rings (SSSR count). The van der Waals surface area contributed by atoms with Crippen molar-refractivity contribution in [3.63, 3.8) is 0 Å². The summed E-state index contributed by atoms with van der Waals surface area (Å²) < 4.78 is 6.39. The van der Waals surface area contributed by atoms with Crippen LogP contribution in [0.3, 0.4) is 0 Å². The number of hydrogen-bond donors (Lipinski definition) is 0. The number of ether oxygens (including phenoxy) is 1. The number of para-hydroxylation sites is 1. The molecular weight excluding hydrogens is 496 g/mol. The number of carbonyl (C=O) groups excluding carboxylic acids is 3. The number of fused-ring (bicyclic) bond motifs is 2. The van der Waals surface area contributed by atoms with Gasteiger partial charge >= 0.3 is 10.8 Å².